The minimum atomic E-state index is -3.87. The molecule has 0 spiro atoms. The second-order valence-corrected chi connectivity index (χ2v) is 10.8. The van der Waals surface area contributed by atoms with Gasteiger partial charge in [-0.25, -0.2) is 16.8 Å². The highest BCUT2D eigenvalue weighted by molar-refractivity contribution is 7.93. The van der Waals surface area contributed by atoms with Gasteiger partial charge < -0.3 is 5.32 Å². The van der Waals surface area contributed by atoms with Crippen molar-refractivity contribution in [3.8, 4) is 0 Å². The Morgan fingerprint density at radius 2 is 1.76 bits per heavy atom. The summed E-state index contributed by atoms with van der Waals surface area (Å²) in [6.45, 7) is 3.90. The molecule has 1 heterocycles. The Bertz CT molecular complexity index is 1110. The third-order valence-corrected chi connectivity index (χ3v) is 7.71. The molecule has 2 N–H and O–H groups in total. The quantitative estimate of drug-likeness (QED) is 0.721. The summed E-state index contributed by atoms with van der Waals surface area (Å²) in [7, 11) is -7.23. The van der Waals surface area contributed by atoms with E-state index in [1.54, 1.807) is 32.0 Å². The molecule has 0 unspecified atom stereocenters. The van der Waals surface area contributed by atoms with Gasteiger partial charge in [0.15, 0.2) is 0 Å². The summed E-state index contributed by atoms with van der Waals surface area (Å²) in [4.78, 5) is 11.8. The first-order chi connectivity index (χ1) is 13.6. The minimum absolute atomic E-state index is 0.0271. The lowest BCUT2D eigenvalue weighted by Crippen LogP contribution is -2.25. The Balaban J connectivity index is 1.78. The minimum Gasteiger partial charge on any atom is -0.326 e. The van der Waals surface area contributed by atoms with Crippen LogP contribution in [0.5, 0.6) is 0 Å². The van der Waals surface area contributed by atoms with Gasteiger partial charge in [-0.3, -0.25) is 13.8 Å². The molecule has 10 heteroatoms. The molecule has 3 rings (SSSR count). The van der Waals surface area contributed by atoms with E-state index in [1.165, 1.54) is 34.6 Å². The summed E-state index contributed by atoms with van der Waals surface area (Å²) in [6, 6.07) is 12.1. The average Bonchev–Trinajstić information content (AvgIpc) is 3.01. The number of benzene rings is 2. The molecule has 1 amide bonds. The van der Waals surface area contributed by atoms with Crippen molar-refractivity contribution in [2.24, 2.45) is 5.92 Å². The molecule has 2 aromatic rings. The van der Waals surface area contributed by atoms with Gasteiger partial charge in [0.1, 0.15) is 0 Å². The Hall–Kier alpha value is -2.59. The van der Waals surface area contributed by atoms with E-state index in [1.807, 2.05) is 0 Å². The Morgan fingerprint density at radius 1 is 1.07 bits per heavy atom. The van der Waals surface area contributed by atoms with Gasteiger partial charge in [-0.1, -0.05) is 19.9 Å². The molecule has 1 aliphatic heterocycles. The number of nitrogens with zero attached hydrogens (tertiary/aromatic N) is 1. The van der Waals surface area contributed by atoms with Crippen LogP contribution >= 0.6 is 0 Å². The number of carbonyl (C=O) groups excluding carboxylic acids is 1. The Morgan fingerprint density at radius 3 is 2.34 bits per heavy atom. The molecule has 1 fully saturated rings. The molecule has 0 bridgehead atoms. The van der Waals surface area contributed by atoms with Crippen LogP contribution in [0.2, 0.25) is 0 Å². The largest absolute Gasteiger partial charge is 0.326 e. The number of rotatable bonds is 6. The van der Waals surface area contributed by atoms with Crippen molar-refractivity contribution in [1.29, 1.82) is 0 Å². The lowest BCUT2D eigenvalue weighted by Gasteiger charge is -2.18. The molecule has 8 nitrogen and oxygen atoms in total. The van der Waals surface area contributed by atoms with E-state index in [0.717, 1.165) is 0 Å². The van der Waals surface area contributed by atoms with Gasteiger partial charge in [0, 0.05) is 18.2 Å². The number of hydrogen-bond acceptors (Lipinski definition) is 5. The van der Waals surface area contributed by atoms with Crippen LogP contribution in [0.1, 0.15) is 20.3 Å². The number of anilines is 3. The molecule has 1 saturated heterocycles. The van der Waals surface area contributed by atoms with Gasteiger partial charge in [-0.05, 0) is 48.9 Å². The van der Waals surface area contributed by atoms with Crippen LogP contribution in [0, 0.1) is 5.92 Å². The van der Waals surface area contributed by atoms with E-state index in [-0.39, 0.29) is 28.2 Å². The molecule has 0 atom stereocenters. The molecule has 0 aliphatic carbocycles. The molecular formula is C19H23N3O5S2. The molecule has 1 aliphatic rings. The van der Waals surface area contributed by atoms with Crippen molar-refractivity contribution < 1.29 is 21.6 Å². The highest BCUT2D eigenvalue weighted by Gasteiger charge is 2.28. The third-order valence-electron chi connectivity index (χ3n) is 4.44. The summed E-state index contributed by atoms with van der Waals surface area (Å²) in [5, 5.41) is 2.70. The van der Waals surface area contributed by atoms with Gasteiger partial charge in [0.25, 0.3) is 10.0 Å². The van der Waals surface area contributed by atoms with E-state index in [2.05, 4.69) is 10.0 Å². The Kier molecular flexibility index (Phi) is 5.85. The predicted molar refractivity (Wildman–Crippen MR) is 113 cm³/mol. The summed E-state index contributed by atoms with van der Waals surface area (Å²) >= 11 is 0. The molecular weight excluding hydrogens is 414 g/mol. The number of sulfonamides is 2. The van der Waals surface area contributed by atoms with E-state index in [0.29, 0.717) is 24.3 Å². The van der Waals surface area contributed by atoms with Crippen LogP contribution in [-0.2, 0) is 24.8 Å². The molecule has 0 radical (unpaired) electrons. The molecule has 156 valence electrons. The SMILES string of the molecule is CC(C)C(=O)Nc1ccc(S(=O)(=O)Nc2cccc(N3CCCS3(=O)=O)c2)cc1. The first kappa shape index (κ1) is 21.1. The highest BCUT2D eigenvalue weighted by Crippen LogP contribution is 2.27. The first-order valence-electron chi connectivity index (χ1n) is 9.13. The normalized spacial score (nSPS) is 16.0. The number of nitrogens with one attached hydrogen (secondary N) is 2. The predicted octanol–water partition coefficient (Wildman–Crippen LogP) is 2.62. The van der Waals surface area contributed by atoms with Crippen molar-refractivity contribution in [3.63, 3.8) is 0 Å². The molecule has 0 saturated carbocycles. The molecule has 2 aromatic carbocycles. The van der Waals surface area contributed by atoms with E-state index in [9.17, 15) is 21.6 Å². The van der Waals surface area contributed by atoms with Crippen LogP contribution in [0.15, 0.2) is 53.4 Å². The zero-order chi connectivity index (χ0) is 21.2. The molecule has 0 aromatic heterocycles. The van der Waals surface area contributed by atoms with Crippen molar-refractivity contribution in [1.82, 2.24) is 0 Å². The summed E-state index contributed by atoms with van der Waals surface area (Å²) in [6.07, 6.45) is 0.540. The van der Waals surface area contributed by atoms with Crippen molar-refractivity contribution in [3.05, 3.63) is 48.5 Å². The number of amides is 1. The average molecular weight is 438 g/mol. The van der Waals surface area contributed by atoms with Crippen molar-refractivity contribution >= 4 is 43.0 Å². The number of carbonyl (C=O) groups is 1. The fraction of sp³-hybridized carbons (Fsp3) is 0.316. The second kappa shape index (κ2) is 8.03. The summed E-state index contributed by atoms with van der Waals surface area (Å²) < 4.78 is 53.3. The van der Waals surface area contributed by atoms with Crippen molar-refractivity contribution in [2.75, 3.05) is 26.6 Å². The van der Waals surface area contributed by atoms with Gasteiger partial charge in [-0.2, -0.15) is 0 Å². The maximum Gasteiger partial charge on any atom is 0.261 e. The standard InChI is InChI=1S/C19H23N3O5S2/c1-14(2)19(23)20-15-7-9-18(10-8-15)29(26,27)21-16-5-3-6-17(13-16)22-11-4-12-28(22,24)25/h3,5-10,13-14,21H,4,11-12H2,1-2H3,(H,20,23). The highest BCUT2D eigenvalue weighted by atomic mass is 32.2. The lowest BCUT2D eigenvalue weighted by molar-refractivity contribution is -0.118. The lowest BCUT2D eigenvalue weighted by atomic mass is 10.2. The zero-order valence-electron chi connectivity index (χ0n) is 16.1. The van der Waals surface area contributed by atoms with Crippen LogP contribution in [0.3, 0.4) is 0 Å². The van der Waals surface area contributed by atoms with Crippen molar-refractivity contribution in [2.45, 2.75) is 25.2 Å². The van der Waals surface area contributed by atoms with Gasteiger partial charge in [0.05, 0.1) is 22.0 Å². The monoisotopic (exact) mass is 437 g/mol. The smallest absolute Gasteiger partial charge is 0.261 e. The van der Waals surface area contributed by atoms with Gasteiger partial charge in [-0.15, -0.1) is 0 Å². The maximum atomic E-state index is 12.7. The number of hydrogen-bond donors (Lipinski definition) is 2. The van der Waals surface area contributed by atoms with Crippen LogP contribution in [0.4, 0.5) is 17.1 Å². The summed E-state index contributed by atoms with van der Waals surface area (Å²) in [5.74, 6) is -0.262. The Labute approximate surface area is 171 Å². The first-order valence-corrected chi connectivity index (χ1v) is 12.2. The second-order valence-electron chi connectivity index (χ2n) is 7.07. The van der Waals surface area contributed by atoms with Crippen LogP contribution in [0.25, 0.3) is 0 Å². The van der Waals surface area contributed by atoms with E-state index < -0.39 is 20.0 Å². The van der Waals surface area contributed by atoms with Gasteiger partial charge >= 0.3 is 0 Å². The topological polar surface area (TPSA) is 113 Å². The third kappa shape index (κ3) is 4.88. The summed E-state index contributed by atoms with van der Waals surface area (Å²) in [5.41, 5.74) is 1.19. The fourth-order valence-corrected chi connectivity index (χ4v) is 5.48. The van der Waals surface area contributed by atoms with E-state index >= 15 is 0 Å². The fourth-order valence-electron chi connectivity index (χ4n) is 2.87. The van der Waals surface area contributed by atoms with Crippen LogP contribution in [-0.4, -0.2) is 35.0 Å². The van der Waals surface area contributed by atoms with Gasteiger partial charge in [0.2, 0.25) is 15.9 Å². The van der Waals surface area contributed by atoms with E-state index in [4.69, 9.17) is 0 Å². The zero-order valence-corrected chi connectivity index (χ0v) is 17.8. The van der Waals surface area contributed by atoms with Crippen LogP contribution < -0.4 is 14.3 Å². The maximum absolute atomic E-state index is 12.7. The molecule has 29 heavy (non-hydrogen) atoms.